The van der Waals surface area contributed by atoms with Gasteiger partial charge in [0.15, 0.2) is 0 Å². The molecule has 0 aromatic heterocycles. The van der Waals surface area contributed by atoms with E-state index in [9.17, 15) is 9.90 Å². The molecule has 1 N–H and O–H groups in total. The van der Waals surface area contributed by atoms with Gasteiger partial charge in [0, 0.05) is 26.6 Å². The van der Waals surface area contributed by atoms with Gasteiger partial charge in [0.05, 0.1) is 12.7 Å². The SMILES string of the molecule is COC1CCC1CC(=O)N1CCC(c2ccccc2CO)CC1. The van der Waals surface area contributed by atoms with Crippen LogP contribution in [0.4, 0.5) is 0 Å². The van der Waals surface area contributed by atoms with Crippen LogP contribution in [0.1, 0.15) is 49.1 Å². The minimum absolute atomic E-state index is 0.0927. The van der Waals surface area contributed by atoms with E-state index >= 15 is 0 Å². The Morgan fingerprint density at radius 1 is 1.22 bits per heavy atom. The Morgan fingerprint density at radius 2 is 1.96 bits per heavy atom. The van der Waals surface area contributed by atoms with Crippen molar-refractivity contribution >= 4 is 5.91 Å². The highest BCUT2D eigenvalue weighted by Gasteiger charge is 2.34. The Morgan fingerprint density at radius 3 is 2.57 bits per heavy atom. The number of carbonyl (C=O) groups excluding carboxylic acids is 1. The van der Waals surface area contributed by atoms with E-state index in [1.165, 1.54) is 5.56 Å². The van der Waals surface area contributed by atoms with Crippen molar-refractivity contribution in [3.8, 4) is 0 Å². The smallest absolute Gasteiger partial charge is 0.222 e. The summed E-state index contributed by atoms with van der Waals surface area (Å²) in [6.07, 6.45) is 5.10. The number of aliphatic hydroxyl groups is 1. The van der Waals surface area contributed by atoms with Gasteiger partial charge in [-0.2, -0.15) is 0 Å². The molecule has 1 heterocycles. The number of hydrogen-bond acceptors (Lipinski definition) is 3. The summed E-state index contributed by atoms with van der Waals surface area (Å²) in [7, 11) is 1.74. The number of ether oxygens (including phenoxy) is 1. The minimum Gasteiger partial charge on any atom is -0.392 e. The van der Waals surface area contributed by atoms with Crippen LogP contribution < -0.4 is 0 Å². The first-order valence-corrected chi connectivity index (χ1v) is 8.72. The Kier molecular flexibility index (Phi) is 5.34. The fraction of sp³-hybridized carbons (Fsp3) is 0.632. The third-order valence-corrected chi connectivity index (χ3v) is 5.60. The van der Waals surface area contributed by atoms with E-state index in [0.717, 1.165) is 44.3 Å². The molecule has 0 radical (unpaired) electrons. The first kappa shape index (κ1) is 16.5. The molecule has 0 bridgehead atoms. The molecule has 2 aliphatic rings. The zero-order chi connectivity index (χ0) is 16.2. The Labute approximate surface area is 138 Å². The van der Waals surface area contributed by atoms with Crippen molar-refractivity contribution in [3.63, 3.8) is 0 Å². The lowest BCUT2D eigenvalue weighted by Crippen LogP contribution is -2.42. The van der Waals surface area contributed by atoms with Crippen LogP contribution in [0.3, 0.4) is 0 Å². The molecule has 0 spiro atoms. The average molecular weight is 317 g/mol. The second-order valence-electron chi connectivity index (χ2n) is 6.83. The van der Waals surface area contributed by atoms with Crippen molar-refractivity contribution in [3.05, 3.63) is 35.4 Å². The van der Waals surface area contributed by atoms with Gasteiger partial charge in [-0.25, -0.2) is 0 Å². The van der Waals surface area contributed by atoms with Gasteiger partial charge in [0.2, 0.25) is 5.91 Å². The van der Waals surface area contributed by atoms with Crippen molar-refractivity contribution in [2.75, 3.05) is 20.2 Å². The molecule has 1 amide bonds. The van der Waals surface area contributed by atoms with Crippen LogP contribution >= 0.6 is 0 Å². The van der Waals surface area contributed by atoms with Crippen LogP contribution in [-0.2, 0) is 16.1 Å². The third-order valence-electron chi connectivity index (χ3n) is 5.60. The van der Waals surface area contributed by atoms with Crippen LogP contribution in [0.25, 0.3) is 0 Å². The second kappa shape index (κ2) is 7.45. The van der Waals surface area contributed by atoms with Gasteiger partial charge < -0.3 is 14.7 Å². The fourth-order valence-electron chi connectivity index (χ4n) is 3.95. The first-order valence-electron chi connectivity index (χ1n) is 8.72. The number of rotatable bonds is 5. The molecule has 23 heavy (non-hydrogen) atoms. The van der Waals surface area contributed by atoms with E-state index in [1.54, 1.807) is 7.11 Å². The quantitative estimate of drug-likeness (QED) is 0.908. The molecule has 4 heteroatoms. The zero-order valence-corrected chi connectivity index (χ0v) is 13.9. The maximum atomic E-state index is 12.5. The number of aliphatic hydroxyl groups excluding tert-OH is 1. The van der Waals surface area contributed by atoms with Crippen molar-refractivity contribution < 1.29 is 14.6 Å². The van der Waals surface area contributed by atoms with E-state index in [1.807, 2.05) is 23.1 Å². The summed E-state index contributed by atoms with van der Waals surface area (Å²) in [6.45, 7) is 1.75. The third kappa shape index (κ3) is 3.59. The van der Waals surface area contributed by atoms with Gasteiger partial charge in [-0.05, 0) is 48.6 Å². The van der Waals surface area contributed by atoms with Crippen LogP contribution in [0.5, 0.6) is 0 Å². The van der Waals surface area contributed by atoms with Crippen LogP contribution in [0, 0.1) is 5.92 Å². The number of carbonyl (C=O) groups is 1. The molecular formula is C19H27NO3. The van der Waals surface area contributed by atoms with Gasteiger partial charge in [0.25, 0.3) is 0 Å². The van der Waals surface area contributed by atoms with Gasteiger partial charge in [0.1, 0.15) is 0 Å². The van der Waals surface area contributed by atoms with Crippen molar-refractivity contribution in [2.24, 2.45) is 5.92 Å². The highest BCUT2D eigenvalue weighted by Crippen LogP contribution is 2.34. The molecule has 1 aliphatic heterocycles. The van der Waals surface area contributed by atoms with Crippen molar-refractivity contribution in [2.45, 2.75) is 50.7 Å². The Bertz CT molecular complexity index is 535. The van der Waals surface area contributed by atoms with Crippen LogP contribution in [-0.4, -0.2) is 42.2 Å². The summed E-state index contributed by atoms with van der Waals surface area (Å²) in [6, 6.07) is 8.12. The van der Waals surface area contributed by atoms with Crippen molar-refractivity contribution in [1.82, 2.24) is 4.90 Å². The van der Waals surface area contributed by atoms with Crippen LogP contribution in [0.15, 0.2) is 24.3 Å². The summed E-state index contributed by atoms with van der Waals surface area (Å²) in [5.41, 5.74) is 2.27. The molecule has 2 unspecified atom stereocenters. The maximum absolute atomic E-state index is 12.5. The standard InChI is InChI=1S/C19H27NO3/c1-23-18-7-6-15(18)12-19(22)20-10-8-14(9-11-20)17-5-3-2-4-16(17)13-21/h2-5,14-15,18,21H,6-13H2,1H3. The number of likely N-dealkylation sites (tertiary alicyclic amines) is 1. The highest BCUT2D eigenvalue weighted by atomic mass is 16.5. The van der Waals surface area contributed by atoms with Gasteiger partial charge >= 0.3 is 0 Å². The number of nitrogens with zero attached hydrogens (tertiary/aromatic N) is 1. The first-order chi connectivity index (χ1) is 11.2. The number of amides is 1. The van der Waals surface area contributed by atoms with E-state index in [2.05, 4.69) is 6.07 Å². The molecule has 2 fully saturated rings. The summed E-state index contributed by atoms with van der Waals surface area (Å²) in [5, 5.41) is 9.49. The van der Waals surface area contributed by atoms with E-state index in [-0.39, 0.29) is 18.6 Å². The van der Waals surface area contributed by atoms with Crippen LogP contribution in [0.2, 0.25) is 0 Å². The summed E-state index contributed by atoms with van der Waals surface area (Å²) < 4.78 is 5.39. The molecule has 126 valence electrons. The van der Waals surface area contributed by atoms with E-state index < -0.39 is 0 Å². The topological polar surface area (TPSA) is 49.8 Å². The molecule has 1 saturated heterocycles. The lowest BCUT2D eigenvalue weighted by molar-refractivity contribution is -0.136. The summed E-state index contributed by atoms with van der Waals surface area (Å²) in [4.78, 5) is 14.5. The van der Waals surface area contributed by atoms with Crippen molar-refractivity contribution in [1.29, 1.82) is 0 Å². The van der Waals surface area contributed by atoms with E-state index in [0.29, 0.717) is 18.3 Å². The number of piperidine rings is 1. The molecule has 3 rings (SSSR count). The van der Waals surface area contributed by atoms with Gasteiger partial charge in [-0.3, -0.25) is 4.79 Å². The normalized spacial score (nSPS) is 25.2. The predicted molar refractivity (Wildman–Crippen MR) is 89.1 cm³/mol. The lowest BCUT2D eigenvalue weighted by atomic mass is 9.79. The predicted octanol–water partition coefficient (Wildman–Crippen LogP) is 2.70. The molecule has 1 aromatic rings. The fourth-order valence-corrected chi connectivity index (χ4v) is 3.95. The largest absolute Gasteiger partial charge is 0.392 e. The lowest BCUT2D eigenvalue weighted by Gasteiger charge is -2.38. The molecule has 1 aromatic carbocycles. The van der Waals surface area contributed by atoms with Gasteiger partial charge in [-0.15, -0.1) is 0 Å². The number of benzene rings is 1. The molecule has 2 atom stereocenters. The monoisotopic (exact) mass is 317 g/mol. The number of hydrogen-bond donors (Lipinski definition) is 1. The van der Waals surface area contributed by atoms with E-state index in [4.69, 9.17) is 4.74 Å². The summed E-state index contributed by atoms with van der Waals surface area (Å²) in [5.74, 6) is 1.16. The number of methoxy groups -OCH3 is 1. The molecule has 1 aliphatic carbocycles. The van der Waals surface area contributed by atoms with Gasteiger partial charge in [-0.1, -0.05) is 24.3 Å². The maximum Gasteiger partial charge on any atom is 0.222 e. The zero-order valence-electron chi connectivity index (χ0n) is 13.9. The Hall–Kier alpha value is -1.39. The second-order valence-corrected chi connectivity index (χ2v) is 6.83. The minimum atomic E-state index is 0.0927. The average Bonchev–Trinajstić information content (AvgIpc) is 2.59. The summed E-state index contributed by atoms with van der Waals surface area (Å²) >= 11 is 0. The molecule has 4 nitrogen and oxygen atoms in total. The Balaban J connectivity index is 1.53. The molecular weight excluding hydrogens is 290 g/mol. The highest BCUT2D eigenvalue weighted by molar-refractivity contribution is 5.76. The molecule has 1 saturated carbocycles.